The molecular weight excluding hydrogens is 360 g/mol. The summed E-state index contributed by atoms with van der Waals surface area (Å²) in [6, 6.07) is 21.3. The molecule has 0 saturated heterocycles. The van der Waals surface area contributed by atoms with Crippen LogP contribution < -0.4 is 5.32 Å². The van der Waals surface area contributed by atoms with Crippen molar-refractivity contribution >= 4 is 22.7 Å². The fraction of sp³-hybridized carbons (Fsp3) is 0.200. The Bertz CT molecular complexity index is 1180. The van der Waals surface area contributed by atoms with Crippen LogP contribution in [0.15, 0.2) is 71.1 Å². The lowest BCUT2D eigenvalue weighted by molar-refractivity contribution is 0.102. The summed E-state index contributed by atoms with van der Waals surface area (Å²) in [4.78, 5) is 17.3. The molecule has 0 fully saturated rings. The minimum Gasteiger partial charge on any atom is -0.436 e. The summed E-state index contributed by atoms with van der Waals surface area (Å²) in [5.74, 6) is 0.906. The molecule has 1 aromatic heterocycles. The van der Waals surface area contributed by atoms with E-state index < -0.39 is 0 Å². The molecule has 4 aromatic rings. The summed E-state index contributed by atoms with van der Waals surface area (Å²) in [5.41, 5.74) is 6.02. The molecule has 0 saturated carbocycles. The average Bonchev–Trinajstić information content (AvgIpc) is 3.17. The monoisotopic (exact) mass is 384 g/mol. The number of oxazole rings is 1. The zero-order chi connectivity index (χ0) is 20.4. The molecule has 0 bridgehead atoms. The number of rotatable bonds is 5. The number of fused-ring (bicyclic) bond motifs is 1. The van der Waals surface area contributed by atoms with Crippen molar-refractivity contribution in [3.8, 4) is 11.5 Å². The van der Waals surface area contributed by atoms with Crippen LogP contribution in [-0.2, 0) is 0 Å². The molecule has 29 heavy (non-hydrogen) atoms. The largest absolute Gasteiger partial charge is 0.436 e. The smallest absolute Gasteiger partial charge is 0.255 e. The van der Waals surface area contributed by atoms with E-state index in [0.717, 1.165) is 28.6 Å². The topological polar surface area (TPSA) is 55.1 Å². The number of nitrogens with zero attached hydrogens (tertiary/aromatic N) is 1. The highest BCUT2D eigenvalue weighted by atomic mass is 16.3. The molecule has 1 heterocycles. The standard InChI is InChI=1S/C25H24N2O2/c1-4-16(2)18-12-13-23-22(15-18)27-25(29-23)19-9-7-10-20(14-19)26-24(28)21-11-6-5-8-17(21)3/h5-16H,4H2,1-3H3,(H,26,28). The highest BCUT2D eigenvalue weighted by molar-refractivity contribution is 6.05. The number of nitrogens with one attached hydrogen (secondary N) is 1. The fourth-order valence-corrected chi connectivity index (χ4v) is 3.37. The van der Waals surface area contributed by atoms with Crippen molar-refractivity contribution in [1.82, 2.24) is 4.98 Å². The Morgan fingerprint density at radius 3 is 2.69 bits per heavy atom. The lowest BCUT2D eigenvalue weighted by Crippen LogP contribution is -2.13. The first-order valence-corrected chi connectivity index (χ1v) is 9.93. The summed E-state index contributed by atoms with van der Waals surface area (Å²) in [7, 11) is 0. The first kappa shape index (κ1) is 18.9. The third kappa shape index (κ3) is 3.92. The van der Waals surface area contributed by atoms with Crippen molar-refractivity contribution in [3.63, 3.8) is 0 Å². The van der Waals surface area contributed by atoms with E-state index in [2.05, 4.69) is 36.3 Å². The van der Waals surface area contributed by atoms with Gasteiger partial charge in [-0.25, -0.2) is 4.98 Å². The van der Waals surface area contributed by atoms with E-state index in [4.69, 9.17) is 4.42 Å². The lowest BCUT2D eigenvalue weighted by Gasteiger charge is -2.08. The molecule has 1 N–H and O–H groups in total. The summed E-state index contributed by atoms with van der Waals surface area (Å²) < 4.78 is 5.96. The van der Waals surface area contributed by atoms with Crippen LogP contribution >= 0.6 is 0 Å². The van der Waals surface area contributed by atoms with Crippen LogP contribution in [0.3, 0.4) is 0 Å². The van der Waals surface area contributed by atoms with Gasteiger partial charge in [0.05, 0.1) is 0 Å². The summed E-state index contributed by atoms with van der Waals surface area (Å²) in [6.07, 6.45) is 1.08. The molecule has 0 spiro atoms. The normalized spacial score (nSPS) is 12.1. The highest BCUT2D eigenvalue weighted by Crippen LogP contribution is 2.29. The number of carbonyl (C=O) groups is 1. The molecule has 0 aliphatic heterocycles. The summed E-state index contributed by atoms with van der Waals surface area (Å²) in [6.45, 7) is 6.32. The molecule has 1 atom stereocenters. The van der Waals surface area contributed by atoms with Crippen LogP contribution in [0.2, 0.25) is 0 Å². The minimum absolute atomic E-state index is 0.129. The van der Waals surface area contributed by atoms with Gasteiger partial charge >= 0.3 is 0 Å². The van der Waals surface area contributed by atoms with Crippen molar-refractivity contribution in [3.05, 3.63) is 83.4 Å². The minimum atomic E-state index is -0.129. The van der Waals surface area contributed by atoms with Gasteiger partial charge in [-0.3, -0.25) is 4.79 Å². The summed E-state index contributed by atoms with van der Waals surface area (Å²) in [5, 5.41) is 2.97. The molecule has 1 amide bonds. The number of anilines is 1. The zero-order valence-electron chi connectivity index (χ0n) is 16.9. The van der Waals surface area contributed by atoms with Crippen LogP contribution in [0.5, 0.6) is 0 Å². The van der Waals surface area contributed by atoms with Gasteiger partial charge in [0.2, 0.25) is 5.89 Å². The number of aryl methyl sites for hydroxylation is 1. The fourth-order valence-electron chi connectivity index (χ4n) is 3.37. The first-order valence-electron chi connectivity index (χ1n) is 9.93. The van der Waals surface area contributed by atoms with Gasteiger partial charge in [-0.05, 0) is 66.8 Å². The number of hydrogen-bond donors (Lipinski definition) is 1. The molecule has 0 radical (unpaired) electrons. The second kappa shape index (κ2) is 7.92. The lowest BCUT2D eigenvalue weighted by atomic mass is 9.98. The molecule has 4 nitrogen and oxygen atoms in total. The van der Waals surface area contributed by atoms with Gasteiger partial charge in [0, 0.05) is 16.8 Å². The van der Waals surface area contributed by atoms with Crippen molar-refractivity contribution in [2.24, 2.45) is 0 Å². The molecular formula is C25H24N2O2. The van der Waals surface area contributed by atoms with Crippen molar-refractivity contribution in [1.29, 1.82) is 0 Å². The maximum atomic E-state index is 12.6. The number of aromatic nitrogens is 1. The number of carbonyl (C=O) groups excluding carboxylic acids is 1. The second-order valence-corrected chi connectivity index (χ2v) is 7.41. The maximum absolute atomic E-state index is 12.6. The van der Waals surface area contributed by atoms with Gasteiger partial charge in [-0.15, -0.1) is 0 Å². The van der Waals surface area contributed by atoms with Crippen LogP contribution in [0.25, 0.3) is 22.6 Å². The molecule has 4 heteroatoms. The van der Waals surface area contributed by atoms with Gasteiger partial charge in [-0.2, -0.15) is 0 Å². The SMILES string of the molecule is CCC(C)c1ccc2oc(-c3cccc(NC(=O)c4ccccc4C)c3)nc2c1. The van der Waals surface area contributed by atoms with Crippen LogP contribution in [0.4, 0.5) is 5.69 Å². The third-order valence-electron chi connectivity index (χ3n) is 5.35. The highest BCUT2D eigenvalue weighted by Gasteiger charge is 2.13. The molecule has 0 aliphatic rings. The molecule has 1 unspecified atom stereocenters. The predicted molar refractivity (Wildman–Crippen MR) is 117 cm³/mol. The van der Waals surface area contributed by atoms with Gasteiger partial charge < -0.3 is 9.73 Å². The second-order valence-electron chi connectivity index (χ2n) is 7.41. The van der Waals surface area contributed by atoms with Crippen molar-refractivity contribution in [2.45, 2.75) is 33.1 Å². The molecule has 146 valence electrons. The molecule has 3 aromatic carbocycles. The van der Waals surface area contributed by atoms with Crippen LogP contribution in [-0.4, -0.2) is 10.9 Å². The number of hydrogen-bond acceptors (Lipinski definition) is 3. The molecule has 0 aliphatic carbocycles. The predicted octanol–water partition coefficient (Wildman–Crippen LogP) is 6.57. The van der Waals surface area contributed by atoms with Gasteiger partial charge in [0.15, 0.2) is 5.58 Å². The Kier molecular flexibility index (Phi) is 5.17. The van der Waals surface area contributed by atoms with E-state index >= 15 is 0 Å². The quantitative estimate of drug-likeness (QED) is 0.423. The average molecular weight is 384 g/mol. The first-order chi connectivity index (χ1) is 14.0. The summed E-state index contributed by atoms with van der Waals surface area (Å²) >= 11 is 0. The van der Waals surface area contributed by atoms with E-state index in [9.17, 15) is 4.79 Å². The van der Waals surface area contributed by atoms with E-state index in [1.807, 2.05) is 61.5 Å². The van der Waals surface area contributed by atoms with Gasteiger partial charge in [-0.1, -0.05) is 44.2 Å². The van der Waals surface area contributed by atoms with E-state index in [1.165, 1.54) is 5.56 Å². The Morgan fingerprint density at radius 2 is 1.90 bits per heavy atom. The van der Waals surface area contributed by atoms with E-state index in [-0.39, 0.29) is 5.91 Å². The van der Waals surface area contributed by atoms with Crippen LogP contribution in [0.1, 0.15) is 47.7 Å². The Labute approximate surface area is 170 Å². The zero-order valence-corrected chi connectivity index (χ0v) is 16.9. The third-order valence-corrected chi connectivity index (χ3v) is 5.35. The van der Waals surface area contributed by atoms with Crippen molar-refractivity contribution in [2.75, 3.05) is 5.32 Å². The van der Waals surface area contributed by atoms with E-state index in [0.29, 0.717) is 23.1 Å². The number of amides is 1. The Balaban J connectivity index is 1.61. The Hall–Kier alpha value is -3.40. The van der Waals surface area contributed by atoms with Crippen LogP contribution in [0, 0.1) is 6.92 Å². The van der Waals surface area contributed by atoms with Gasteiger partial charge in [0.25, 0.3) is 5.91 Å². The van der Waals surface area contributed by atoms with E-state index in [1.54, 1.807) is 0 Å². The number of benzene rings is 3. The van der Waals surface area contributed by atoms with Crippen molar-refractivity contribution < 1.29 is 9.21 Å². The molecule has 4 rings (SSSR count). The van der Waals surface area contributed by atoms with Gasteiger partial charge in [0.1, 0.15) is 5.52 Å². The Morgan fingerprint density at radius 1 is 1.07 bits per heavy atom. The maximum Gasteiger partial charge on any atom is 0.255 e.